The van der Waals surface area contributed by atoms with Gasteiger partial charge in [0.25, 0.3) is 0 Å². The molecule has 12 heavy (non-hydrogen) atoms. The third-order valence-corrected chi connectivity index (χ3v) is 2.74. The summed E-state index contributed by atoms with van der Waals surface area (Å²) in [4.78, 5) is 0. The molecule has 0 saturated heterocycles. The molecule has 1 aromatic rings. The summed E-state index contributed by atoms with van der Waals surface area (Å²) in [6.07, 6.45) is 0.451. The van der Waals surface area contributed by atoms with Crippen LogP contribution in [-0.4, -0.2) is 6.10 Å². The van der Waals surface area contributed by atoms with E-state index in [0.717, 1.165) is 17.6 Å². The molecule has 64 valence electrons. The van der Waals surface area contributed by atoms with Crippen molar-refractivity contribution in [2.75, 3.05) is 0 Å². The Hall–Kier alpha value is -0.980. The van der Waals surface area contributed by atoms with Crippen LogP contribution >= 0.6 is 0 Å². The van der Waals surface area contributed by atoms with Gasteiger partial charge in [0, 0.05) is 0 Å². The molecule has 0 N–H and O–H groups in total. The smallest absolute Gasteiger partial charge is 0.119 e. The Morgan fingerprint density at radius 1 is 1.00 bits per heavy atom. The number of ether oxygens (including phenoxy) is 1. The summed E-state index contributed by atoms with van der Waals surface area (Å²) in [5.74, 6) is 2.45. The number of para-hydroxylation sites is 1. The van der Waals surface area contributed by atoms with E-state index >= 15 is 0 Å². The minimum atomic E-state index is 0.451. The highest BCUT2D eigenvalue weighted by Crippen LogP contribution is 2.40. The SMILES string of the molecule is CC1C(C)C1Oc1ccccc1. The van der Waals surface area contributed by atoms with Crippen LogP contribution in [0.3, 0.4) is 0 Å². The van der Waals surface area contributed by atoms with E-state index in [1.54, 1.807) is 0 Å². The van der Waals surface area contributed by atoms with Gasteiger partial charge in [-0.1, -0.05) is 32.0 Å². The lowest BCUT2D eigenvalue weighted by molar-refractivity contribution is 0.278. The van der Waals surface area contributed by atoms with Crippen molar-refractivity contribution in [1.82, 2.24) is 0 Å². The largest absolute Gasteiger partial charge is 0.490 e. The third kappa shape index (κ3) is 1.31. The second-order valence-corrected chi connectivity index (χ2v) is 3.61. The standard InChI is InChI=1S/C11H14O/c1-8-9(2)11(8)12-10-6-4-3-5-7-10/h3-9,11H,1-2H3. The van der Waals surface area contributed by atoms with Crippen LogP contribution in [0.5, 0.6) is 5.75 Å². The van der Waals surface area contributed by atoms with Crippen LogP contribution in [0, 0.1) is 11.8 Å². The van der Waals surface area contributed by atoms with Gasteiger partial charge in [-0.15, -0.1) is 0 Å². The molecule has 1 aliphatic carbocycles. The summed E-state index contributed by atoms with van der Waals surface area (Å²) < 4.78 is 5.75. The highest BCUT2D eigenvalue weighted by Gasteiger charge is 2.45. The van der Waals surface area contributed by atoms with Crippen LogP contribution in [0.15, 0.2) is 30.3 Å². The van der Waals surface area contributed by atoms with Crippen LogP contribution in [0.25, 0.3) is 0 Å². The highest BCUT2D eigenvalue weighted by atomic mass is 16.5. The Balaban J connectivity index is 1.97. The van der Waals surface area contributed by atoms with E-state index in [1.807, 2.05) is 30.3 Å². The highest BCUT2D eigenvalue weighted by molar-refractivity contribution is 5.22. The zero-order chi connectivity index (χ0) is 8.55. The van der Waals surface area contributed by atoms with Crippen LogP contribution in [0.1, 0.15) is 13.8 Å². The average molecular weight is 162 g/mol. The van der Waals surface area contributed by atoms with Gasteiger partial charge in [-0.2, -0.15) is 0 Å². The summed E-state index contributed by atoms with van der Waals surface area (Å²) in [6.45, 7) is 4.47. The van der Waals surface area contributed by atoms with E-state index < -0.39 is 0 Å². The Morgan fingerprint density at radius 3 is 2.08 bits per heavy atom. The molecular formula is C11H14O. The quantitative estimate of drug-likeness (QED) is 0.649. The van der Waals surface area contributed by atoms with Crippen molar-refractivity contribution in [2.45, 2.75) is 20.0 Å². The van der Waals surface area contributed by atoms with E-state index in [9.17, 15) is 0 Å². The lowest BCUT2D eigenvalue weighted by Gasteiger charge is -2.03. The molecule has 0 radical (unpaired) electrons. The first-order valence-corrected chi connectivity index (χ1v) is 4.51. The number of hydrogen-bond donors (Lipinski definition) is 0. The summed E-state index contributed by atoms with van der Waals surface area (Å²) in [7, 11) is 0. The molecule has 0 spiro atoms. The van der Waals surface area contributed by atoms with Gasteiger partial charge in [-0.3, -0.25) is 0 Å². The van der Waals surface area contributed by atoms with Gasteiger partial charge < -0.3 is 4.74 Å². The zero-order valence-corrected chi connectivity index (χ0v) is 7.53. The van der Waals surface area contributed by atoms with Crippen molar-refractivity contribution >= 4 is 0 Å². The molecule has 0 amide bonds. The summed E-state index contributed by atoms with van der Waals surface area (Å²) >= 11 is 0. The van der Waals surface area contributed by atoms with Gasteiger partial charge in [0.1, 0.15) is 11.9 Å². The maximum Gasteiger partial charge on any atom is 0.119 e. The molecule has 1 heteroatoms. The van der Waals surface area contributed by atoms with Crippen molar-refractivity contribution in [3.05, 3.63) is 30.3 Å². The predicted octanol–water partition coefficient (Wildman–Crippen LogP) is 2.72. The monoisotopic (exact) mass is 162 g/mol. The number of benzene rings is 1. The summed E-state index contributed by atoms with van der Waals surface area (Å²) in [6, 6.07) is 10.0. The molecule has 1 saturated carbocycles. The van der Waals surface area contributed by atoms with Gasteiger partial charge in [0.2, 0.25) is 0 Å². The summed E-state index contributed by atoms with van der Waals surface area (Å²) in [5.41, 5.74) is 0. The maximum absolute atomic E-state index is 5.75. The van der Waals surface area contributed by atoms with Crippen molar-refractivity contribution < 1.29 is 4.74 Å². The normalized spacial score (nSPS) is 33.0. The molecule has 1 fully saturated rings. The van der Waals surface area contributed by atoms with E-state index in [2.05, 4.69) is 13.8 Å². The van der Waals surface area contributed by atoms with Crippen LogP contribution in [-0.2, 0) is 0 Å². The second kappa shape index (κ2) is 2.81. The van der Waals surface area contributed by atoms with Crippen molar-refractivity contribution in [1.29, 1.82) is 0 Å². The molecule has 1 aliphatic rings. The van der Waals surface area contributed by atoms with E-state index in [0.29, 0.717) is 6.10 Å². The fourth-order valence-corrected chi connectivity index (χ4v) is 1.49. The first kappa shape index (κ1) is 7.66. The lowest BCUT2D eigenvalue weighted by atomic mass is 10.3. The summed E-state index contributed by atoms with van der Waals surface area (Å²) in [5, 5.41) is 0. The molecule has 2 atom stereocenters. The van der Waals surface area contributed by atoms with Crippen LogP contribution in [0.4, 0.5) is 0 Å². The van der Waals surface area contributed by atoms with E-state index in [1.165, 1.54) is 0 Å². The Bertz CT molecular complexity index is 247. The number of rotatable bonds is 2. The van der Waals surface area contributed by atoms with Crippen molar-refractivity contribution in [2.24, 2.45) is 11.8 Å². The minimum absolute atomic E-state index is 0.451. The minimum Gasteiger partial charge on any atom is -0.490 e. The fourth-order valence-electron chi connectivity index (χ4n) is 1.49. The van der Waals surface area contributed by atoms with Gasteiger partial charge >= 0.3 is 0 Å². The average Bonchev–Trinajstić information content (AvgIpc) is 2.65. The van der Waals surface area contributed by atoms with E-state index in [-0.39, 0.29) is 0 Å². The zero-order valence-electron chi connectivity index (χ0n) is 7.53. The van der Waals surface area contributed by atoms with Gasteiger partial charge in [-0.25, -0.2) is 0 Å². The molecule has 0 aliphatic heterocycles. The molecule has 0 bridgehead atoms. The molecule has 2 rings (SSSR count). The predicted molar refractivity (Wildman–Crippen MR) is 49.2 cm³/mol. The Morgan fingerprint density at radius 2 is 1.58 bits per heavy atom. The first-order chi connectivity index (χ1) is 5.79. The molecule has 1 nitrogen and oxygen atoms in total. The van der Waals surface area contributed by atoms with Gasteiger partial charge in [0.15, 0.2) is 0 Å². The third-order valence-electron chi connectivity index (χ3n) is 2.74. The molecule has 0 heterocycles. The van der Waals surface area contributed by atoms with Crippen molar-refractivity contribution in [3.8, 4) is 5.75 Å². The van der Waals surface area contributed by atoms with Gasteiger partial charge in [-0.05, 0) is 24.0 Å². The van der Waals surface area contributed by atoms with Gasteiger partial charge in [0.05, 0.1) is 0 Å². The Labute approximate surface area is 73.4 Å². The van der Waals surface area contributed by atoms with Crippen molar-refractivity contribution in [3.63, 3.8) is 0 Å². The number of hydrogen-bond acceptors (Lipinski definition) is 1. The molecule has 0 aromatic heterocycles. The van der Waals surface area contributed by atoms with Crippen LogP contribution < -0.4 is 4.74 Å². The topological polar surface area (TPSA) is 9.23 Å². The molecule has 2 unspecified atom stereocenters. The van der Waals surface area contributed by atoms with Crippen LogP contribution in [0.2, 0.25) is 0 Å². The first-order valence-electron chi connectivity index (χ1n) is 4.51. The Kier molecular flexibility index (Phi) is 1.80. The fraction of sp³-hybridized carbons (Fsp3) is 0.455. The maximum atomic E-state index is 5.75. The second-order valence-electron chi connectivity index (χ2n) is 3.61. The van der Waals surface area contributed by atoms with E-state index in [4.69, 9.17) is 4.74 Å². The molecular weight excluding hydrogens is 148 g/mol. The molecule has 1 aromatic carbocycles. The lowest BCUT2D eigenvalue weighted by Crippen LogP contribution is -1.99.